The van der Waals surface area contributed by atoms with Crippen LogP contribution in [0.4, 0.5) is 10.1 Å². The fourth-order valence-electron chi connectivity index (χ4n) is 4.33. The molecule has 0 spiro atoms. The van der Waals surface area contributed by atoms with Gasteiger partial charge in [-0.3, -0.25) is 19.3 Å². The number of hydrogen-bond donors (Lipinski definition) is 0. The Morgan fingerprint density at radius 1 is 0.676 bits per heavy atom. The number of anilines is 1. The minimum absolute atomic E-state index is 0.161. The Labute approximate surface area is 213 Å². The van der Waals surface area contributed by atoms with Crippen LogP contribution >= 0.6 is 46.4 Å². The molecule has 3 aromatic carbocycles. The van der Waals surface area contributed by atoms with Crippen LogP contribution in [-0.2, 0) is 4.79 Å². The first-order valence-electron chi connectivity index (χ1n) is 10.0. The molecule has 1 saturated heterocycles. The van der Waals surface area contributed by atoms with Crippen LogP contribution in [-0.4, -0.2) is 28.7 Å². The maximum Gasteiger partial charge on any atom is 0.264 e. The van der Waals surface area contributed by atoms with Gasteiger partial charge >= 0.3 is 0 Å². The molecule has 5 nitrogen and oxygen atoms in total. The average molecular weight is 538 g/mol. The number of amides is 3. The van der Waals surface area contributed by atoms with Gasteiger partial charge in [0.25, 0.3) is 17.7 Å². The van der Waals surface area contributed by atoms with E-state index in [9.17, 15) is 18.8 Å². The van der Waals surface area contributed by atoms with E-state index in [1.807, 2.05) is 19.1 Å². The van der Waals surface area contributed by atoms with E-state index < -0.39 is 35.6 Å². The minimum Gasteiger partial charge on any atom is -0.300 e. The Morgan fingerprint density at radius 2 is 1.18 bits per heavy atom. The summed E-state index contributed by atoms with van der Waals surface area (Å²) in [6.07, 6.45) is 0. The Bertz CT molecular complexity index is 1350. The van der Waals surface area contributed by atoms with Crippen LogP contribution in [0.15, 0.2) is 48.5 Å². The lowest BCUT2D eigenvalue weighted by Gasteiger charge is -2.49. The highest BCUT2D eigenvalue weighted by Gasteiger charge is 2.58. The van der Waals surface area contributed by atoms with E-state index in [0.29, 0.717) is 11.3 Å². The van der Waals surface area contributed by atoms with Crippen LogP contribution in [0.5, 0.6) is 0 Å². The van der Waals surface area contributed by atoms with E-state index in [2.05, 4.69) is 0 Å². The highest BCUT2D eigenvalue weighted by atomic mass is 35.5. The second-order valence-corrected chi connectivity index (χ2v) is 9.48. The van der Waals surface area contributed by atoms with Crippen molar-refractivity contribution in [3.05, 3.63) is 96.7 Å². The number of fused-ring (bicyclic) bond motifs is 1. The van der Waals surface area contributed by atoms with Gasteiger partial charge in [0.05, 0.1) is 37.3 Å². The SMILES string of the molecule is Cc1ccc(N2C(=O)[C@H](N3C(=O)c4c(Cl)c(Cl)c(Cl)c(Cl)c4C3=O)[C@H]2c2ccc(F)cc2)cc1. The predicted octanol–water partition coefficient (Wildman–Crippen LogP) is 6.50. The van der Waals surface area contributed by atoms with Gasteiger partial charge in [-0.1, -0.05) is 76.2 Å². The number of carbonyl (C=O) groups excluding carboxylic acids is 3. The summed E-state index contributed by atoms with van der Waals surface area (Å²) in [4.78, 5) is 42.5. The number of nitrogens with zero attached hydrogens (tertiary/aromatic N) is 2. The number of rotatable bonds is 3. The zero-order valence-corrected chi connectivity index (χ0v) is 20.3. The second kappa shape index (κ2) is 8.24. The van der Waals surface area contributed by atoms with Gasteiger partial charge in [-0.15, -0.1) is 0 Å². The van der Waals surface area contributed by atoms with Crippen LogP contribution in [0.25, 0.3) is 0 Å². The maximum absolute atomic E-state index is 13.6. The number of imide groups is 1. The first-order valence-corrected chi connectivity index (χ1v) is 11.5. The first-order chi connectivity index (χ1) is 16.1. The third kappa shape index (κ3) is 3.24. The van der Waals surface area contributed by atoms with Crippen LogP contribution in [0.1, 0.15) is 37.9 Å². The molecule has 0 unspecified atom stereocenters. The number of benzene rings is 3. The molecule has 10 heteroatoms. The summed E-state index contributed by atoms with van der Waals surface area (Å²) in [6.45, 7) is 1.91. The van der Waals surface area contributed by atoms with E-state index in [0.717, 1.165) is 10.5 Å². The van der Waals surface area contributed by atoms with Gasteiger partial charge in [0.15, 0.2) is 0 Å². The molecule has 172 valence electrons. The summed E-state index contributed by atoms with van der Waals surface area (Å²) >= 11 is 24.7. The van der Waals surface area contributed by atoms with E-state index in [1.54, 1.807) is 12.1 Å². The molecule has 2 atom stereocenters. The summed E-state index contributed by atoms with van der Waals surface area (Å²) in [7, 11) is 0. The maximum atomic E-state index is 13.6. The number of carbonyl (C=O) groups is 3. The van der Waals surface area contributed by atoms with Crippen LogP contribution in [0.3, 0.4) is 0 Å². The van der Waals surface area contributed by atoms with Gasteiger partial charge in [0.1, 0.15) is 11.9 Å². The minimum atomic E-state index is -1.20. The van der Waals surface area contributed by atoms with Crippen LogP contribution in [0, 0.1) is 12.7 Å². The molecule has 1 fully saturated rings. The van der Waals surface area contributed by atoms with Crippen molar-refractivity contribution >= 4 is 69.8 Å². The van der Waals surface area contributed by atoms with Gasteiger partial charge in [0.2, 0.25) is 0 Å². The molecule has 3 aromatic rings. The Hall–Kier alpha value is -2.64. The largest absolute Gasteiger partial charge is 0.300 e. The fourth-order valence-corrected chi connectivity index (χ4v) is 5.34. The van der Waals surface area contributed by atoms with Gasteiger partial charge in [-0.25, -0.2) is 4.39 Å². The first kappa shape index (κ1) is 23.1. The topological polar surface area (TPSA) is 57.7 Å². The number of hydrogen-bond acceptors (Lipinski definition) is 3. The highest BCUT2D eigenvalue weighted by Crippen LogP contribution is 2.49. The molecule has 2 heterocycles. The summed E-state index contributed by atoms with van der Waals surface area (Å²) < 4.78 is 13.6. The smallest absolute Gasteiger partial charge is 0.264 e. The second-order valence-electron chi connectivity index (χ2n) is 7.97. The Kier molecular flexibility index (Phi) is 5.60. The number of aryl methyl sites for hydroxylation is 1. The summed E-state index contributed by atoms with van der Waals surface area (Å²) in [5.74, 6) is -2.56. The van der Waals surface area contributed by atoms with Crippen molar-refractivity contribution in [2.24, 2.45) is 0 Å². The molecule has 2 aliphatic heterocycles. The molecule has 5 rings (SSSR count). The normalized spacial score (nSPS) is 19.5. The van der Waals surface area contributed by atoms with E-state index in [-0.39, 0.29) is 31.2 Å². The Balaban J connectivity index is 1.63. The van der Waals surface area contributed by atoms with Gasteiger partial charge in [0, 0.05) is 5.69 Å². The van der Waals surface area contributed by atoms with E-state index in [4.69, 9.17) is 46.4 Å². The lowest BCUT2D eigenvalue weighted by atomic mass is 9.86. The van der Waals surface area contributed by atoms with Crippen molar-refractivity contribution in [3.63, 3.8) is 0 Å². The van der Waals surface area contributed by atoms with Crippen molar-refractivity contribution in [2.75, 3.05) is 4.90 Å². The van der Waals surface area contributed by atoms with Crippen molar-refractivity contribution in [2.45, 2.75) is 19.0 Å². The zero-order valence-electron chi connectivity index (χ0n) is 17.3. The van der Waals surface area contributed by atoms with Gasteiger partial charge < -0.3 is 4.90 Å². The van der Waals surface area contributed by atoms with E-state index in [1.165, 1.54) is 29.2 Å². The molecule has 0 aromatic heterocycles. The Morgan fingerprint density at radius 3 is 1.68 bits per heavy atom. The van der Waals surface area contributed by atoms with Crippen LogP contribution < -0.4 is 4.90 Å². The quantitative estimate of drug-likeness (QED) is 0.166. The van der Waals surface area contributed by atoms with E-state index >= 15 is 0 Å². The molecular weight excluding hydrogens is 525 g/mol. The third-order valence-electron chi connectivity index (χ3n) is 6.00. The summed E-state index contributed by atoms with van der Waals surface area (Å²) in [5.41, 5.74) is 1.69. The molecule has 0 aliphatic carbocycles. The molecule has 0 radical (unpaired) electrons. The highest BCUT2D eigenvalue weighted by molar-refractivity contribution is 6.55. The average Bonchev–Trinajstić information content (AvgIpc) is 3.07. The third-order valence-corrected chi connectivity index (χ3v) is 7.80. The molecule has 3 amide bonds. The molecule has 0 bridgehead atoms. The molecular formula is C24H13Cl4FN2O3. The lowest BCUT2D eigenvalue weighted by Crippen LogP contribution is -2.67. The molecule has 34 heavy (non-hydrogen) atoms. The monoisotopic (exact) mass is 536 g/mol. The summed E-state index contributed by atoms with van der Waals surface area (Å²) in [6, 6.07) is 10.7. The standard InChI is InChI=1S/C24H13Cl4FN2O3/c1-10-2-8-13(9-3-10)30-20(11-4-6-12(29)7-5-11)21(24(30)34)31-22(32)14-15(23(31)33)17(26)19(28)18(27)16(14)25/h2-9,20-21H,1H3/t20-,21-/m1/s1. The molecule has 0 N–H and O–H groups in total. The summed E-state index contributed by atoms with van der Waals surface area (Å²) in [5, 5.41) is -0.752. The fraction of sp³-hybridized carbons (Fsp3) is 0.125. The molecule has 0 saturated carbocycles. The number of β-lactam (4-membered cyclic amide) rings is 1. The predicted molar refractivity (Wildman–Crippen MR) is 129 cm³/mol. The van der Waals surface area contributed by atoms with Crippen molar-refractivity contribution in [3.8, 4) is 0 Å². The lowest BCUT2D eigenvalue weighted by molar-refractivity contribution is -0.130. The zero-order chi connectivity index (χ0) is 24.5. The number of halogens is 5. The van der Waals surface area contributed by atoms with Crippen molar-refractivity contribution < 1.29 is 18.8 Å². The van der Waals surface area contributed by atoms with Gasteiger partial charge in [-0.05, 0) is 36.8 Å². The van der Waals surface area contributed by atoms with Crippen molar-refractivity contribution in [1.29, 1.82) is 0 Å². The van der Waals surface area contributed by atoms with Crippen molar-refractivity contribution in [1.82, 2.24) is 4.90 Å². The molecule has 2 aliphatic rings. The van der Waals surface area contributed by atoms with Crippen LogP contribution in [0.2, 0.25) is 20.1 Å². The van der Waals surface area contributed by atoms with Gasteiger partial charge in [-0.2, -0.15) is 0 Å².